The van der Waals surface area contributed by atoms with Crippen LogP contribution in [0.1, 0.15) is 434 Å². The number of rotatable bonds is 91. The van der Waals surface area contributed by atoms with Crippen molar-refractivity contribution < 1.29 is 142 Å². The monoisotopic (exact) mass is 2010 g/mol. The molecule has 10 atom stereocenters. The highest BCUT2D eigenvalue weighted by atomic mass is 16.4. The lowest BCUT2D eigenvalue weighted by molar-refractivity contribution is -0.145. The summed E-state index contributed by atoms with van der Waals surface area (Å²) in [5.41, 5.74) is 17.5. The summed E-state index contributed by atoms with van der Waals surface area (Å²) < 4.78 is 0. The number of carbonyl (C=O) groups excluding carboxylic acids is 13. The second-order valence-electron chi connectivity index (χ2n) is 38.6. The van der Waals surface area contributed by atoms with Crippen LogP contribution in [-0.4, -0.2) is 227 Å². The van der Waals surface area contributed by atoms with E-state index in [0.29, 0.717) is 90.1 Å². The van der Waals surface area contributed by atoms with Gasteiger partial charge in [-0.1, -0.05) is 201 Å². The van der Waals surface area contributed by atoms with E-state index in [1.807, 2.05) is 27.7 Å². The Morgan fingerprint density at radius 3 is 0.787 bits per heavy atom. The van der Waals surface area contributed by atoms with Gasteiger partial charge < -0.3 is 95.3 Å². The first-order valence-corrected chi connectivity index (χ1v) is 51.8. The number of nitrogens with one attached hydrogen (secondary N) is 7. The summed E-state index contributed by atoms with van der Waals surface area (Å²) in [6, 6.07) is -7.64. The number of unbranched alkanes of at least 4 members (excludes halogenated alkanes) is 31. The molecule has 39 nitrogen and oxygen atoms in total. The Morgan fingerprint density at radius 2 is 0.482 bits per heavy atom. The summed E-state index contributed by atoms with van der Waals surface area (Å²) in [5.74, 6) is -16.6. The molecule has 7 amide bonds. The van der Waals surface area contributed by atoms with Gasteiger partial charge in [-0.05, 0) is 149 Å². The number of amides is 7. The Morgan fingerprint density at radius 1 is 0.241 bits per heavy atom. The lowest BCUT2D eigenvalue weighted by Gasteiger charge is -2.17. The van der Waals surface area contributed by atoms with E-state index < -0.39 is 163 Å². The van der Waals surface area contributed by atoms with Crippen LogP contribution < -0.4 is 54.4 Å². The van der Waals surface area contributed by atoms with Crippen molar-refractivity contribution in [3.63, 3.8) is 0 Å². The molecular weight excluding hydrogens is 1830 g/mol. The quantitative estimate of drug-likeness (QED) is 0.0251. The van der Waals surface area contributed by atoms with E-state index in [2.05, 4.69) is 37.2 Å². The molecule has 0 bridgehead atoms. The third-order valence-electron chi connectivity index (χ3n) is 24.8. The highest BCUT2D eigenvalue weighted by Gasteiger charge is 2.31. The second kappa shape index (κ2) is 85.5. The third kappa shape index (κ3) is 83.2. The van der Waals surface area contributed by atoms with Gasteiger partial charge in [0.1, 0.15) is 58.9 Å². The summed E-state index contributed by atoms with van der Waals surface area (Å²) in [6.45, 7) is 13.3. The van der Waals surface area contributed by atoms with Crippen molar-refractivity contribution in [3.05, 3.63) is 0 Å². The summed E-state index contributed by atoms with van der Waals surface area (Å²) >= 11 is 0. The molecule has 0 aromatic heterocycles. The van der Waals surface area contributed by atoms with Gasteiger partial charge >= 0.3 is 47.8 Å². The third-order valence-corrected chi connectivity index (χ3v) is 24.8. The second-order valence-corrected chi connectivity index (χ2v) is 38.6. The number of carbonyl (C=O) groups is 21. The molecule has 0 fully saturated rings. The molecule has 0 aliphatic carbocycles. The molecule has 0 radical (unpaired) electrons. The van der Waals surface area contributed by atoms with Crippen molar-refractivity contribution in [2.24, 2.45) is 40.4 Å². The largest absolute Gasteiger partial charge is 0.481 e. The van der Waals surface area contributed by atoms with E-state index in [0.717, 1.165) is 135 Å². The number of hydrogen-bond donors (Lipinski definition) is 18. The minimum atomic E-state index is -1.53. The molecular formula is C102H178N10O29. The summed E-state index contributed by atoms with van der Waals surface area (Å²) in [6.07, 6.45) is 33.5. The van der Waals surface area contributed by atoms with E-state index in [1.54, 1.807) is 13.8 Å². The van der Waals surface area contributed by atoms with Crippen LogP contribution in [0.4, 0.5) is 0 Å². The average molecular weight is 2010 g/mol. The van der Waals surface area contributed by atoms with Gasteiger partial charge in [-0.2, -0.15) is 0 Å². The van der Waals surface area contributed by atoms with E-state index in [9.17, 15) is 131 Å². The number of hydrogen-bond acceptors (Lipinski definition) is 24. The van der Waals surface area contributed by atoms with Gasteiger partial charge in [-0.3, -0.25) is 81.5 Å². The lowest BCUT2D eigenvalue weighted by atomic mass is 9.92. The molecule has 141 heavy (non-hydrogen) atoms. The van der Waals surface area contributed by atoms with Crippen molar-refractivity contribution >= 4 is 124 Å². The van der Waals surface area contributed by atoms with Crippen LogP contribution in [-0.2, 0) is 101 Å². The topological polar surface area (TPSA) is 683 Å². The molecule has 0 aromatic carbocycles. The van der Waals surface area contributed by atoms with E-state index >= 15 is 0 Å². The number of carboxylic acids is 8. The smallest absolute Gasteiger partial charge is 0.326 e. The maximum atomic E-state index is 12.7. The fourth-order valence-electron chi connectivity index (χ4n) is 14.9. The molecule has 0 aromatic rings. The Labute approximate surface area is 834 Å². The molecule has 0 aliphatic heterocycles. The van der Waals surface area contributed by atoms with Crippen LogP contribution in [0.3, 0.4) is 0 Å². The summed E-state index contributed by atoms with van der Waals surface area (Å²) in [7, 11) is 0. The van der Waals surface area contributed by atoms with E-state index in [1.165, 1.54) is 58.3 Å². The van der Waals surface area contributed by atoms with E-state index in [4.69, 9.17) is 27.4 Å². The molecule has 39 heteroatoms. The molecule has 0 spiro atoms. The molecule has 0 rings (SSSR count). The summed E-state index contributed by atoms with van der Waals surface area (Å²) in [5, 5.41) is 92.6. The maximum absolute atomic E-state index is 12.7. The minimum Gasteiger partial charge on any atom is -0.481 e. The van der Waals surface area contributed by atoms with Crippen LogP contribution in [0.25, 0.3) is 0 Å². The highest BCUT2D eigenvalue weighted by Crippen LogP contribution is 2.23. The zero-order chi connectivity index (χ0) is 107. The van der Waals surface area contributed by atoms with Crippen LogP contribution in [0.15, 0.2) is 0 Å². The van der Waals surface area contributed by atoms with Crippen LogP contribution in [0.5, 0.6) is 0 Å². The van der Waals surface area contributed by atoms with Gasteiger partial charge in [-0.15, -0.1) is 0 Å². The molecule has 810 valence electrons. The average Bonchev–Trinajstić information content (AvgIpc) is 0.905. The van der Waals surface area contributed by atoms with Crippen LogP contribution >= 0.6 is 0 Å². The van der Waals surface area contributed by atoms with Crippen molar-refractivity contribution in [3.8, 4) is 0 Å². The van der Waals surface area contributed by atoms with Crippen molar-refractivity contribution in [1.82, 2.24) is 37.2 Å². The van der Waals surface area contributed by atoms with Crippen molar-refractivity contribution in [1.29, 1.82) is 0 Å². The normalized spacial score (nSPS) is 13.2. The molecule has 21 N–H and O–H groups in total. The number of carboxylic acid groups (broad SMARTS) is 8. The zero-order valence-corrected chi connectivity index (χ0v) is 85.7. The molecule has 1 unspecified atom stereocenters. The Balaban J connectivity index is -0.00000252. The zero-order valence-electron chi connectivity index (χ0n) is 85.7. The first-order valence-electron chi connectivity index (χ1n) is 51.8. The number of aliphatic carboxylic acids is 8. The fraction of sp³-hybridized carbons (Fsp3) is 0.794. The standard InChI is InChI=1S/C49H84N4O14.C47H82N6O14.C6H12O/c1-35(36(2)54)22-20-21-33-51-46(61)40(50)24-17-15-16-23-38(55)28-30-41(48(64)65)53-44(58)32-27-37(47(62)63)34-39(56)29-31-42(49(66)67)52-43(57)25-18-13-11-9-7-5-3-4-6-8-10-12-14-19-26-45(59)60;1-33(54)36(48)21-16-19-31-51-44(61)37(49)22-17-18-30-50-40(56)28-25-38(46(64)65)53-42(58)29-26-39(47(66)67)52-41(57)27-24-34(45(62)63)32-35(55)20-14-12-10-8-6-4-2-3-5-7-9-11-13-15-23-43(59)60;1-5(7)6(2,3)4/h35,37,40-42H,3-34,50H2,1-2H3,(H,51,61)(H,52,57)(H,53,58)(H,59,60)(H,62,63)(H,64,65)(H,66,67);34,36-39H,2-32,48-49H2,1H3,(H,50,56)(H,51,61)(H,52,57)(H,53,58)(H,59,60)(H,62,63)(H,64,65)(H,66,67);1-4H3/t35-,37?,40-,41-,42-;34-,36+,37+,38+,39+;/m01./s1. The van der Waals surface area contributed by atoms with Crippen LogP contribution in [0, 0.1) is 23.2 Å². The summed E-state index contributed by atoms with van der Waals surface area (Å²) in [4.78, 5) is 250. The van der Waals surface area contributed by atoms with Gasteiger partial charge in [0.15, 0.2) is 0 Å². The van der Waals surface area contributed by atoms with Gasteiger partial charge in [0.25, 0.3) is 0 Å². The van der Waals surface area contributed by atoms with Gasteiger partial charge in [0.05, 0.1) is 30.0 Å². The van der Waals surface area contributed by atoms with Gasteiger partial charge in [0, 0.05) is 114 Å². The number of ketones is 6. The first kappa shape index (κ1) is 135. The maximum Gasteiger partial charge on any atom is 0.326 e. The Hall–Kier alpha value is -10.0. The predicted molar refractivity (Wildman–Crippen MR) is 531 cm³/mol. The minimum absolute atomic E-state index is 0.000268. The van der Waals surface area contributed by atoms with Crippen LogP contribution in [0.2, 0.25) is 0 Å². The lowest BCUT2D eigenvalue weighted by Crippen LogP contribution is -2.44. The van der Waals surface area contributed by atoms with Crippen molar-refractivity contribution in [2.45, 2.75) is 476 Å². The van der Waals surface area contributed by atoms with Gasteiger partial charge in [-0.25, -0.2) is 19.2 Å². The molecule has 0 aliphatic rings. The number of nitrogens with two attached hydrogens (primary N) is 3. The molecule has 0 heterocycles. The molecule has 0 saturated heterocycles. The fourth-order valence-corrected chi connectivity index (χ4v) is 14.9. The van der Waals surface area contributed by atoms with Gasteiger partial charge in [0.2, 0.25) is 41.4 Å². The molecule has 0 saturated carbocycles. The predicted octanol–water partition coefficient (Wildman–Crippen LogP) is 12.7. The SMILES string of the molecule is CC(=O)C(C)(C)C.CC(=O)[C@@H](C)CCCCNC(=O)[C@@H](N)CCCCCC(=O)CC[C@H](NC(=O)CCC(CC(=O)CC[C@H](NC(=O)CCCCCCCCCCCCCCCCC(=O)O)C(=O)O)C(=O)O)C(=O)O.CC(=O)[C@@H](N)CCCCNC(=O)[C@@H](N)CCCCNC(=O)CC[C@H](NC(=O)CC[C@H](NC(=O)CC[C@H](CC(=O)CCCCCCCCCCCCCCCCC(=O)O)C(=O)O)C(=O)O)C(=O)O. The number of Topliss-reactive ketones (excluding diaryl/α,β-unsaturated/α-hetero) is 6. The highest BCUT2D eigenvalue weighted by molar-refractivity contribution is 5.90. The Bertz CT molecular complexity index is 3480. The Kier molecular flexibility index (Phi) is 81.9. The first-order chi connectivity index (χ1) is 66.6. The van der Waals surface area contributed by atoms with Crippen molar-refractivity contribution in [2.75, 3.05) is 19.6 Å². The van der Waals surface area contributed by atoms with E-state index in [-0.39, 0.29) is 155 Å².